The van der Waals surface area contributed by atoms with Crippen LogP contribution in [0.15, 0.2) is 12.1 Å². The fraction of sp³-hybridized carbons (Fsp3) is 0.571. The van der Waals surface area contributed by atoms with Crippen molar-refractivity contribution >= 4 is 34.0 Å². The summed E-state index contributed by atoms with van der Waals surface area (Å²) in [6.07, 6.45) is 3.49. The standard InChI is InChI=1S/C14H22FIN2/c1-4-5-6-7-18(10(2)3)14-8-11(15)12(16)9-13(14)17/h8-10H,4-7,17H2,1-3H3. The molecular formula is C14H22FIN2. The summed E-state index contributed by atoms with van der Waals surface area (Å²) in [6.45, 7) is 7.33. The Morgan fingerprint density at radius 1 is 1.33 bits per heavy atom. The molecule has 0 fully saturated rings. The summed E-state index contributed by atoms with van der Waals surface area (Å²) < 4.78 is 14.3. The Morgan fingerprint density at radius 3 is 2.56 bits per heavy atom. The number of anilines is 2. The van der Waals surface area contributed by atoms with E-state index < -0.39 is 0 Å². The van der Waals surface area contributed by atoms with Crippen LogP contribution < -0.4 is 10.6 Å². The fourth-order valence-corrected chi connectivity index (χ4v) is 2.48. The van der Waals surface area contributed by atoms with E-state index in [4.69, 9.17) is 5.73 Å². The van der Waals surface area contributed by atoms with Gasteiger partial charge in [-0.15, -0.1) is 0 Å². The van der Waals surface area contributed by atoms with E-state index in [0.29, 0.717) is 15.3 Å². The lowest BCUT2D eigenvalue weighted by atomic mass is 10.1. The van der Waals surface area contributed by atoms with Crippen LogP contribution in [-0.4, -0.2) is 12.6 Å². The zero-order chi connectivity index (χ0) is 13.7. The number of rotatable bonds is 6. The smallest absolute Gasteiger partial charge is 0.138 e. The Hall–Kier alpha value is -0.520. The van der Waals surface area contributed by atoms with Gasteiger partial charge in [0, 0.05) is 18.7 Å². The van der Waals surface area contributed by atoms with E-state index in [2.05, 4.69) is 25.7 Å². The van der Waals surface area contributed by atoms with Crippen molar-refractivity contribution < 1.29 is 4.39 Å². The van der Waals surface area contributed by atoms with Gasteiger partial charge in [-0.25, -0.2) is 4.39 Å². The monoisotopic (exact) mass is 364 g/mol. The molecule has 0 aliphatic heterocycles. The molecule has 0 spiro atoms. The molecule has 1 aromatic rings. The van der Waals surface area contributed by atoms with Gasteiger partial charge >= 0.3 is 0 Å². The van der Waals surface area contributed by atoms with E-state index in [0.717, 1.165) is 18.7 Å². The predicted molar refractivity (Wildman–Crippen MR) is 85.5 cm³/mol. The fourth-order valence-electron chi connectivity index (χ4n) is 1.99. The number of unbranched alkanes of at least 4 members (excludes halogenated alkanes) is 2. The SMILES string of the molecule is CCCCCN(c1cc(F)c(I)cc1N)C(C)C. The van der Waals surface area contributed by atoms with E-state index in [1.807, 2.05) is 22.6 Å². The summed E-state index contributed by atoms with van der Waals surface area (Å²) in [5.74, 6) is -0.194. The summed E-state index contributed by atoms with van der Waals surface area (Å²) in [4.78, 5) is 2.18. The van der Waals surface area contributed by atoms with Crippen molar-refractivity contribution in [3.8, 4) is 0 Å². The molecule has 1 aromatic carbocycles. The highest BCUT2D eigenvalue weighted by molar-refractivity contribution is 14.1. The van der Waals surface area contributed by atoms with Gasteiger partial charge in [0.25, 0.3) is 0 Å². The van der Waals surface area contributed by atoms with Crippen LogP contribution in [0.1, 0.15) is 40.0 Å². The van der Waals surface area contributed by atoms with Crippen LogP contribution in [0, 0.1) is 9.39 Å². The molecule has 0 aromatic heterocycles. The minimum Gasteiger partial charge on any atom is -0.397 e. The van der Waals surface area contributed by atoms with Crippen LogP contribution in [0.5, 0.6) is 0 Å². The van der Waals surface area contributed by atoms with Gasteiger partial charge < -0.3 is 10.6 Å². The summed E-state index contributed by atoms with van der Waals surface area (Å²) in [7, 11) is 0. The first-order valence-corrected chi connectivity index (χ1v) is 7.56. The second-order valence-corrected chi connectivity index (χ2v) is 5.98. The van der Waals surface area contributed by atoms with Crippen molar-refractivity contribution in [1.29, 1.82) is 0 Å². The Bertz CT molecular complexity index is 394. The van der Waals surface area contributed by atoms with E-state index in [9.17, 15) is 4.39 Å². The van der Waals surface area contributed by atoms with Gasteiger partial charge in [0.05, 0.1) is 14.9 Å². The Balaban J connectivity index is 2.95. The van der Waals surface area contributed by atoms with Crippen LogP contribution in [0.3, 0.4) is 0 Å². The highest BCUT2D eigenvalue weighted by Gasteiger charge is 2.15. The van der Waals surface area contributed by atoms with Gasteiger partial charge in [-0.2, -0.15) is 0 Å². The molecule has 0 amide bonds. The van der Waals surface area contributed by atoms with E-state index >= 15 is 0 Å². The molecule has 4 heteroatoms. The molecule has 0 aliphatic carbocycles. The Morgan fingerprint density at radius 2 is 2.00 bits per heavy atom. The number of nitrogens with two attached hydrogens (primary N) is 1. The zero-order valence-corrected chi connectivity index (χ0v) is 13.5. The molecule has 18 heavy (non-hydrogen) atoms. The van der Waals surface area contributed by atoms with Gasteiger partial charge in [0.2, 0.25) is 0 Å². The summed E-state index contributed by atoms with van der Waals surface area (Å²) >= 11 is 1.97. The van der Waals surface area contributed by atoms with E-state index in [1.165, 1.54) is 12.8 Å². The quantitative estimate of drug-likeness (QED) is 0.460. The van der Waals surface area contributed by atoms with Crippen molar-refractivity contribution in [3.05, 3.63) is 21.5 Å². The molecule has 0 aliphatic rings. The van der Waals surface area contributed by atoms with Crippen molar-refractivity contribution in [3.63, 3.8) is 0 Å². The first kappa shape index (κ1) is 15.5. The minimum atomic E-state index is -0.194. The van der Waals surface area contributed by atoms with E-state index in [-0.39, 0.29) is 5.82 Å². The summed E-state index contributed by atoms with van der Waals surface area (Å²) in [6, 6.07) is 3.59. The first-order valence-electron chi connectivity index (χ1n) is 6.48. The molecule has 0 unspecified atom stereocenters. The average molecular weight is 364 g/mol. The largest absolute Gasteiger partial charge is 0.397 e. The van der Waals surface area contributed by atoms with Crippen LogP contribution >= 0.6 is 22.6 Å². The highest BCUT2D eigenvalue weighted by Crippen LogP contribution is 2.29. The van der Waals surface area contributed by atoms with Gasteiger partial charge in [0.1, 0.15) is 5.82 Å². The molecule has 0 saturated heterocycles. The first-order chi connectivity index (χ1) is 8.47. The lowest BCUT2D eigenvalue weighted by Crippen LogP contribution is -2.32. The van der Waals surface area contributed by atoms with Crippen molar-refractivity contribution in [2.75, 3.05) is 17.2 Å². The van der Waals surface area contributed by atoms with Crippen molar-refractivity contribution in [2.24, 2.45) is 0 Å². The Labute approximate surface area is 123 Å². The maximum atomic E-state index is 13.7. The average Bonchev–Trinajstić information content (AvgIpc) is 2.30. The molecule has 0 saturated carbocycles. The van der Waals surface area contributed by atoms with Gasteiger partial charge in [-0.05, 0) is 48.9 Å². The third-order valence-corrected chi connectivity index (χ3v) is 3.83. The molecular weight excluding hydrogens is 342 g/mol. The number of hydrogen-bond acceptors (Lipinski definition) is 2. The topological polar surface area (TPSA) is 29.3 Å². The van der Waals surface area contributed by atoms with Crippen molar-refractivity contribution in [1.82, 2.24) is 0 Å². The number of halogens is 2. The van der Waals surface area contributed by atoms with Crippen LogP contribution in [0.25, 0.3) is 0 Å². The lowest BCUT2D eigenvalue weighted by Gasteiger charge is -2.30. The van der Waals surface area contributed by atoms with Crippen LogP contribution in [0.2, 0.25) is 0 Å². The third kappa shape index (κ3) is 4.00. The summed E-state index contributed by atoms with van der Waals surface area (Å²) in [5, 5.41) is 0. The normalized spacial score (nSPS) is 11.0. The zero-order valence-electron chi connectivity index (χ0n) is 11.3. The lowest BCUT2D eigenvalue weighted by molar-refractivity contribution is 0.607. The molecule has 2 N–H and O–H groups in total. The minimum absolute atomic E-state index is 0.194. The van der Waals surface area contributed by atoms with Gasteiger partial charge in [-0.1, -0.05) is 19.8 Å². The third-order valence-electron chi connectivity index (χ3n) is 3.00. The predicted octanol–water partition coefficient (Wildman–Crippen LogP) is 4.42. The number of nitrogen functional groups attached to an aromatic ring is 1. The summed E-state index contributed by atoms with van der Waals surface area (Å²) in [5.41, 5.74) is 7.50. The van der Waals surface area contributed by atoms with Gasteiger partial charge in [0.15, 0.2) is 0 Å². The van der Waals surface area contributed by atoms with Crippen LogP contribution in [0.4, 0.5) is 15.8 Å². The number of benzene rings is 1. The maximum Gasteiger partial charge on any atom is 0.138 e. The molecule has 102 valence electrons. The highest BCUT2D eigenvalue weighted by atomic mass is 127. The van der Waals surface area contributed by atoms with E-state index in [1.54, 1.807) is 12.1 Å². The molecule has 0 bridgehead atoms. The van der Waals surface area contributed by atoms with Gasteiger partial charge in [-0.3, -0.25) is 0 Å². The van der Waals surface area contributed by atoms with Crippen LogP contribution in [-0.2, 0) is 0 Å². The molecule has 2 nitrogen and oxygen atoms in total. The Kier molecular flexibility index (Phi) is 6.18. The number of hydrogen-bond donors (Lipinski definition) is 1. The maximum absolute atomic E-state index is 13.7. The molecule has 1 rings (SSSR count). The second kappa shape index (κ2) is 7.16. The second-order valence-electron chi connectivity index (χ2n) is 4.82. The molecule has 0 radical (unpaired) electrons. The van der Waals surface area contributed by atoms with Crippen molar-refractivity contribution in [2.45, 2.75) is 46.1 Å². The number of nitrogens with zero attached hydrogens (tertiary/aromatic N) is 1. The molecule has 0 atom stereocenters. The molecule has 0 heterocycles.